The second-order valence-electron chi connectivity index (χ2n) is 6.36. The van der Waals surface area contributed by atoms with E-state index in [-0.39, 0.29) is 31.1 Å². The van der Waals surface area contributed by atoms with Crippen LogP contribution in [0.2, 0.25) is 5.02 Å². The predicted octanol–water partition coefficient (Wildman–Crippen LogP) is 2.33. The van der Waals surface area contributed by atoms with E-state index < -0.39 is 35.2 Å². The SMILES string of the molecule is C[C@@H]1CC(=O)[C@@H](CC(=O)OCC(=O)Nc2cccc(Cl)c2)[C@@H]1C[N+](=O)[O-]. The first kappa shape index (κ1) is 19.8. The third-order valence-electron chi connectivity index (χ3n) is 4.40. The second kappa shape index (κ2) is 8.75. The summed E-state index contributed by atoms with van der Waals surface area (Å²) in [4.78, 5) is 46.0. The van der Waals surface area contributed by atoms with E-state index in [1.165, 1.54) is 0 Å². The molecule has 2 rings (SSSR count). The second-order valence-corrected chi connectivity index (χ2v) is 6.79. The normalized spacial score (nSPS) is 22.1. The number of amides is 1. The van der Waals surface area contributed by atoms with Crippen LogP contribution in [-0.4, -0.2) is 35.7 Å². The molecule has 1 aromatic carbocycles. The molecule has 0 bridgehead atoms. The topological polar surface area (TPSA) is 116 Å². The van der Waals surface area contributed by atoms with E-state index in [9.17, 15) is 24.5 Å². The van der Waals surface area contributed by atoms with Gasteiger partial charge in [0.15, 0.2) is 6.61 Å². The van der Waals surface area contributed by atoms with Crippen molar-refractivity contribution in [1.29, 1.82) is 0 Å². The van der Waals surface area contributed by atoms with E-state index in [2.05, 4.69) is 5.32 Å². The Kier molecular flexibility index (Phi) is 6.68. The molecule has 0 aromatic heterocycles. The lowest BCUT2D eigenvalue weighted by Crippen LogP contribution is -2.28. The number of benzene rings is 1. The average molecular weight is 383 g/mol. The molecule has 1 N–H and O–H groups in total. The maximum Gasteiger partial charge on any atom is 0.307 e. The first-order chi connectivity index (χ1) is 12.3. The van der Waals surface area contributed by atoms with E-state index in [1.807, 2.05) is 0 Å². The van der Waals surface area contributed by atoms with Gasteiger partial charge in [-0.2, -0.15) is 0 Å². The van der Waals surface area contributed by atoms with E-state index in [0.29, 0.717) is 10.7 Å². The molecule has 0 unspecified atom stereocenters. The van der Waals surface area contributed by atoms with Gasteiger partial charge in [-0.25, -0.2) is 0 Å². The molecule has 1 aromatic rings. The van der Waals surface area contributed by atoms with Crippen LogP contribution in [0.1, 0.15) is 19.8 Å². The zero-order valence-electron chi connectivity index (χ0n) is 14.1. The number of ketones is 1. The van der Waals surface area contributed by atoms with E-state index in [4.69, 9.17) is 16.3 Å². The van der Waals surface area contributed by atoms with Crippen LogP contribution in [0.15, 0.2) is 24.3 Å². The number of rotatable bonds is 7. The molecule has 1 amide bonds. The number of hydrogen-bond acceptors (Lipinski definition) is 6. The van der Waals surface area contributed by atoms with Gasteiger partial charge in [0.2, 0.25) is 6.54 Å². The molecule has 140 valence electrons. The third-order valence-corrected chi connectivity index (χ3v) is 4.64. The number of anilines is 1. The molecule has 26 heavy (non-hydrogen) atoms. The van der Waals surface area contributed by atoms with Gasteiger partial charge in [-0.3, -0.25) is 24.5 Å². The Morgan fingerprint density at radius 2 is 2.15 bits per heavy atom. The van der Waals surface area contributed by atoms with Crippen molar-refractivity contribution in [3.8, 4) is 0 Å². The quantitative estimate of drug-likeness (QED) is 0.439. The highest BCUT2D eigenvalue weighted by Crippen LogP contribution is 2.36. The monoisotopic (exact) mass is 382 g/mol. The Morgan fingerprint density at radius 1 is 1.42 bits per heavy atom. The molecular weight excluding hydrogens is 364 g/mol. The Hall–Kier alpha value is -2.48. The number of hydrogen-bond donors (Lipinski definition) is 1. The first-order valence-corrected chi connectivity index (χ1v) is 8.49. The van der Waals surface area contributed by atoms with Crippen LogP contribution in [-0.2, 0) is 19.1 Å². The first-order valence-electron chi connectivity index (χ1n) is 8.11. The van der Waals surface area contributed by atoms with Crippen molar-refractivity contribution in [3.63, 3.8) is 0 Å². The molecule has 9 heteroatoms. The molecule has 0 spiro atoms. The van der Waals surface area contributed by atoms with E-state index >= 15 is 0 Å². The lowest BCUT2D eigenvalue weighted by molar-refractivity contribution is -0.490. The Morgan fingerprint density at radius 3 is 2.81 bits per heavy atom. The molecule has 0 saturated heterocycles. The van der Waals surface area contributed by atoms with Crippen molar-refractivity contribution in [2.24, 2.45) is 17.8 Å². The summed E-state index contributed by atoms with van der Waals surface area (Å²) in [6, 6.07) is 6.49. The predicted molar refractivity (Wildman–Crippen MR) is 93.3 cm³/mol. The van der Waals surface area contributed by atoms with Crippen molar-refractivity contribution in [2.75, 3.05) is 18.5 Å². The fourth-order valence-corrected chi connectivity index (χ4v) is 3.34. The van der Waals surface area contributed by atoms with Crippen molar-refractivity contribution in [2.45, 2.75) is 19.8 Å². The standard InChI is InChI=1S/C17H19ClN2O6/c1-10-5-15(21)13(14(10)8-20(24)25)7-17(23)26-9-16(22)19-12-4-2-3-11(18)6-12/h2-4,6,10,13-14H,5,7-9H2,1H3,(H,19,22)/t10-,13+,14-/m1/s1. The van der Waals surface area contributed by atoms with Gasteiger partial charge in [-0.05, 0) is 24.1 Å². The summed E-state index contributed by atoms with van der Waals surface area (Å²) in [5, 5.41) is 13.7. The summed E-state index contributed by atoms with van der Waals surface area (Å²) in [5.74, 6) is -2.84. The molecule has 8 nitrogen and oxygen atoms in total. The summed E-state index contributed by atoms with van der Waals surface area (Å²) in [6.45, 7) is 0.887. The number of carbonyl (C=O) groups is 3. The van der Waals surface area contributed by atoms with Crippen LogP contribution >= 0.6 is 11.6 Å². The molecule has 1 fully saturated rings. The maximum atomic E-state index is 12.0. The number of halogens is 1. The van der Waals surface area contributed by atoms with Crippen molar-refractivity contribution in [3.05, 3.63) is 39.4 Å². The van der Waals surface area contributed by atoms with Gasteiger partial charge < -0.3 is 10.1 Å². The largest absolute Gasteiger partial charge is 0.456 e. The molecule has 1 aliphatic carbocycles. The fraction of sp³-hybridized carbons (Fsp3) is 0.471. The molecule has 1 saturated carbocycles. The summed E-state index contributed by atoms with van der Waals surface area (Å²) in [7, 11) is 0. The summed E-state index contributed by atoms with van der Waals surface area (Å²) < 4.78 is 4.90. The number of esters is 1. The van der Waals surface area contributed by atoms with Crippen LogP contribution in [0.5, 0.6) is 0 Å². The average Bonchev–Trinajstić information content (AvgIpc) is 2.79. The van der Waals surface area contributed by atoms with E-state index in [0.717, 1.165) is 0 Å². The van der Waals surface area contributed by atoms with Crippen LogP contribution in [0.3, 0.4) is 0 Å². The molecule has 0 aliphatic heterocycles. The van der Waals surface area contributed by atoms with Crippen LogP contribution in [0, 0.1) is 27.9 Å². The number of nitrogens with one attached hydrogen (secondary N) is 1. The van der Waals surface area contributed by atoms with Gasteiger partial charge in [-0.1, -0.05) is 24.6 Å². The highest BCUT2D eigenvalue weighted by atomic mass is 35.5. The van der Waals surface area contributed by atoms with Gasteiger partial charge in [0, 0.05) is 33.9 Å². The highest BCUT2D eigenvalue weighted by Gasteiger charge is 2.44. The van der Waals surface area contributed by atoms with Gasteiger partial charge >= 0.3 is 5.97 Å². The molecule has 3 atom stereocenters. The smallest absolute Gasteiger partial charge is 0.307 e. The fourth-order valence-electron chi connectivity index (χ4n) is 3.15. The third kappa shape index (κ3) is 5.52. The molecule has 0 radical (unpaired) electrons. The minimum Gasteiger partial charge on any atom is -0.456 e. The summed E-state index contributed by atoms with van der Waals surface area (Å²) in [6.07, 6.45) is -0.0438. The lowest BCUT2D eigenvalue weighted by atomic mass is 9.88. The van der Waals surface area contributed by atoms with Crippen molar-refractivity contribution < 1.29 is 24.0 Å². The number of carbonyl (C=O) groups excluding carboxylic acids is 3. The van der Waals surface area contributed by atoms with Crippen LogP contribution in [0.25, 0.3) is 0 Å². The zero-order chi connectivity index (χ0) is 19.3. The van der Waals surface area contributed by atoms with Crippen LogP contribution in [0.4, 0.5) is 5.69 Å². The van der Waals surface area contributed by atoms with Gasteiger partial charge in [0.05, 0.1) is 6.42 Å². The highest BCUT2D eigenvalue weighted by molar-refractivity contribution is 6.30. The van der Waals surface area contributed by atoms with Crippen molar-refractivity contribution >= 4 is 34.9 Å². The van der Waals surface area contributed by atoms with Gasteiger partial charge in [0.25, 0.3) is 5.91 Å². The van der Waals surface area contributed by atoms with Crippen molar-refractivity contribution in [1.82, 2.24) is 0 Å². The van der Waals surface area contributed by atoms with Gasteiger partial charge in [-0.15, -0.1) is 0 Å². The Bertz CT molecular complexity index is 723. The van der Waals surface area contributed by atoms with Crippen LogP contribution < -0.4 is 5.32 Å². The number of Topliss-reactive ketones (excluding diaryl/α,β-unsaturated/α-hetero) is 1. The Balaban J connectivity index is 1.84. The molecular formula is C17H19ClN2O6. The summed E-state index contributed by atoms with van der Waals surface area (Å²) >= 11 is 5.81. The molecule has 1 aliphatic rings. The number of nitro groups is 1. The minimum absolute atomic E-state index is 0.156. The maximum absolute atomic E-state index is 12.0. The van der Waals surface area contributed by atoms with Gasteiger partial charge in [0.1, 0.15) is 5.78 Å². The lowest BCUT2D eigenvalue weighted by Gasteiger charge is -2.17. The zero-order valence-corrected chi connectivity index (χ0v) is 14.9. The Labute approximate surface area is 155 Å². The van der Waals surface area contributed by atoms with E-state index in [1.54, 1.807) is 31.2 Å². The minimum atomic E-state index is -0.737. The number of nitrogens with zero attached hydrogens (tertiary/aromatic N) is 1. The summed E-state index contributed by atoms with van der Waals surface area (Å²) in [5.41, 5.74) is 0.462. The number of ether oxygens (including phenoxy) is 1. The molecule has 0 heterocycles.